The highest BCUT2D eigenvalue weighted by molar-refractivity contribution is 6.09. The van der Waals surface area contributed by atoms with Gasteiger partial charge in [0.15, 0.2) is 5.69 Å². The molecule has 0 amide bonds. The van der Waals surface area contributed by atoms with Crippen LogP contribution in [0.25, 0.3) is 0 Å². The van der Waals surface area contributed by atoms with Gasteiger partial charge >= 0.3 is 5.97 Å². The largest absolute Gasteiger partial charge is 0.477 e. The Bertz CT molecular complexity index is 1060. The number of pyridine rings is 2. The van der Waals surface area contributed by atoms with Crippen molar-refractivity contribution in [3.63, 3.8) is 0 Å². The van der Waals surface area contributed by atoms with Crippen LogP contribution in [0.2, 0.25) is 0 Å². The van der Waals surface area contributed by atoms with E-state index >= 15 is 0 Å². The molecule has 0 bridgehead atoms. The maximum absolute atomic E-state index is 12.0. The predicted octanol–water partition coefficient (Wildman–Crippen LogP) is 3.39. The number of nitrogens with zero attached hydrogens (tertiary/aromatic N) is 4. The fourth-order valence-electron chi connectivity index (χ4n) is 4.45. The van der Waals surface area contributed by atoms with Gasteiger partial charge < -0.3 is 35.1 Å². The summed E-state index contributed by atoms with van der Waals surface area (Å²) in [5, 5.41) is 21.9. The van der Waals surface area contributed by atoms with Gasteiger partial charge in [0.2, 0.25) is 0 Å². The van der Waals surface area contributed by atoms with E-state index in [1.807, 2.05) is 32.0 Å². The second-order valence-electron chi connectivity index (χ2n) is 9.15. The third kappa shape index (κ3) is 5.71. The third-order valence-corrected chi connectivity index (χ3v) is 6.50. The molecule has 4 heterocycles. The van der Waals surface area contributed by atoms with Crippen molar-refractivity contribution in [1.29, 1.82) is 5.41 Å². The van der Waals surface area contributed by atoms with Gasteiger partial charge in [0.05, 0.1) is 30.6 Å². The highest BCUT2D eigenvalue weighted by atomic mass is 16.5. The van der Waals surface area contributed by atoms with Crippen LogP contribution in [-0.2, 0) is 9.47 Å². The summed E-state index contributed by atoms with van der Waals surface area (Å²) in [5.41, 5.74) is 1.64. The minimum Gasteiger partial charge on any atom is -0.477 e. The van der Waals surface area contributed by atoms with Gasteiger partial charge in [-0.2, -0.15) is 0 Å². The first-order chi connectivity index (χ1) is 16.9. The maximum atomic E-state index is 12.0. The number of carboxylic acid groups (broad SMARTS) is 1. The van der Waals surface area contributed by atoms with Gasteiger partial charge in [-0.15, -0.1) is 0 Å². The summed E-state index contributed by atoms with van der Waals surface area (Å²) in [7, 11) is 1.72. The number of aromatic nitrogens is 2. The molecule has 0 unspecified atom stereocenters. The van der Waals surface area contributed by atoms with Crippen molar-refractivity contribution in [3.05, 3.63) is 35.5 Å². The van der Waals surface area contributed by atoms with Gasteiger partial charge in [0, 0.05) is 39.0 Å². The van der Waals surface area contributed by atoms with E-state index in [1.165, 1.54) is 0 Å². The Balaban J connectivity index is 1.74. The van der Waals surface area contributed by atoms with Crippen LogP contribution >= 0.6 is 0 Å². The lowest BCUT2D eigenvalue weighted by atomic mass is 9.96. The smallest absolute Gasteiger partial charge is 0.354 e. The molecule has 10 nitrogen and oxygen atoms in total. The summed E-state index contributed by atoms with van der Waals surface area (Å²) in [6, 6.07) is 7.27. The normalized spacial score (nSPS) is 17.0. The lowest BCUT2D eigenvalue weighted by molar-refractivity contribution is 0.0690. The average Bonchev–Trinajstić information content (AvgIpc) is 2.88. The van der Waals surface area contributed by atoms with E-state index < -0.39 is 5.97 Å². The number of carbonyl (C=O) groups is 1. The van der Waals surface area contributed by atoms with Crippen LogP contribution in [0.5, 0.6) is 0 Å². The quantitative estimate of drug-likeness (QED) is 0.486. The summed E-state index contributed by atoms with van der Waals surface area (Å²) >= 11 is 0. The molecular formula is C25H34N6O4. The SMILES string of the molecule is COC1CCN(c2cc(C(=O)O)nc(Nc3cccc(N4CCOCC4)n3)c2C(=N)C(C)C)CC1. The molecule has 0 aliphatic carbocycles. The molecule has 2 aromatic heterocycles. The summed E-state index contributed by atoms with van der Waals surface area (Å²) in [6.07, 6.45) is 1.85. The van der Waals surface area contributed by atoms with E-state index in [0.717, 1.165) is 31.7 Å². The van der Waals surface area contributed by atoms with Crippen LogP contribution in [0.4, 0.5) is 23.1 Å². The van der Waals surface area contributed by atoms with Crippen molar-refractivity contribution in [1.82, 2.24) is 9.97 Å². The van der Waals surface area contributed by atoms with E-state index in [-0.39, 0.29) is 17.7 Å². The summed E-state index contributed by atoms with van der Waals surface area (Å²) in [4.78, 5) is 25.5. The number of piperidine rings is 1. The lowest BCUT2D eigenvalue weighted by Gasteiger charge is -2.35. The molecule has 3 N–H and O–H groups in total. The third-order valence-electron chi connectivity index (χ3n) is 6.50. The van der Waals surface area contributed by atoms with Crippen molar-refractivity contribution in [2.24, 2.45) is 5.92 Å². The van der Waals surface area contributed by atoms with E-state index in [0.29, 0.717) is 54.9 Å². The molecule has 10 heteroatoms. The monoisotopic (exact) mass is 482 g/mol. The van der Waals surface area contributed by atoms with Gasteiger partial charge in [-0.3, -0.25) is 0 Å². The summed E-state index contributed by atoms with van der Waals surface area (Å²) in [6.45, 7) is 8.15. The Morgan fingerprint density at radius 1 is 1.17 bits per heavy atom. The predicted molar refractivity (Wildman–Crippen MR) is 136 cm³/mol. The highest BCUT2D eigenvalue weighted by Crippen LogP contribution is 2.34. The van der Waals surface area contributed by atoms with Gasteiger partial charge in [-0.1, -0.05) is 19.9 Å². The zero-order valence-corrected chi connectivity index (χ0v) is 20.6. The van der Waals surface area contributed by atoms with Crippen LogP contribution in [-0.4, -0.2) is 79.4 Å². The molecule has 2 saturated heterocycles. The van der Waals surface area contributed by atoms with Crippen LogP contribution in [0, 0.1) is 11.3 Å². The lowest BCUT2D eigenvalue weighted by Crippen LogP contribution is -2.38. The van der Waals surface area contributed by atoms with Crippen molar-refractivity contribution < 1.29 is 19.4 Å². The van der Waals surface area contributed by atoms with Gasteiger partial charge in [-0.25, -0.2) is 14.8 Å². The van der Waals surface area contributed by atoms with E-state index in [4.69, 9.17) is 19.9 Å². The molecule has 0 aromatic carbocycles. The zero-order chi connectivity index (χ0) is 24.9. The summed E-state index contributed by atoms with van der Waals surface area (Å²) < 4.78 is 11.0. The molecule has 188 valence electrons. The Morgan fingerprint density at radius 3 is 2.51 bits per heavy atom. The number of methoxy groups -OCH3 is 1. The van der Waals surface area contributed by atoms with Crippen LogP contribution in [0.1, 0.15) is 42.7 Å². The van der Waals surface area contributed by atoms with E-state index in [1.54, 1.807) is 13.2 Å². The number of morpholine rings is 1. The topological polar surface area (TPSA) is 124 Å². The fraction of sp³-hybridized carbons (Fsp3) is 0.520. The van der Waals surface area contributed by atoms with Crippen LogP contribution < -0.4 is 15.1 Å². The minimum atomic E-state index is -1.11. The Hall–Kier alpha value is -3.24. The average molecular weight is 483 g/mol. The second-order valence-corrected chi connectivity index (χ2v) is 9.15. The molecule has 2 aromatic rings. The number of ether oxygens (including phenoxy) is 2. The fourth-order valence-corrected chi connectivity index (χ4v) is 4.45. The van der Waals surface area contributed by atoms with Crippen molar-refractivity contribution in [3.8, 4) is 0 Å². The van der Waals surface area contributed by atoms with E-state index in [9.17, 15) is 9.90 Å². The Kier molecular flexibility index (Phi) is 7.82. The first-order valence-corrected chi connectivity index (χ1v) is 12.1. The van der Waals surface area contributed by atoms with Gasteiger partial charge in [0.25, 0.3) is 0 Å². The number of carboxylic acids is 1. The second kappa shape index (κ2) is 11.0. The molecule has 2 aliphatic rings. The van der Waals surface area contributed by atoms with Crippen molar-refractivity contribution in [2.75, 3.05) is 61.6 Å². The molecule has 0 radical (unpaired) electrons. The number of hydrogen-bond acceptors (Lipinski definition) is 9. The van der Waals surface area contributed by atoms with Crippen LogP contribution in [0.15, 0.2) is 24.3 Å². The highest BCUT2D eigenvalue weighted by Gasteiger charge is 2.27. The van der Waals surface area contributed by atoms with Gasteiger partial charge in [-0.05, 0) is 37.0 Å². The first-order valence-electron chi connectivity index (χ1n) is 12.1. The minimum absolute atomic E-state index is 0.0685. The number of aromatic carboxylic acids is 1. The Labute approximate surface area is 205 Å². The summed E-state index contributed by atoms with van der Waals surface area (Å²) in [5.74, 6) is 0.509. The number of hydrogen-bond donors (Lipinski definition) is 3. The van der Waals surface area contributed by atoms with Crippen LogP contribution in [0.3, 0.4) is 0 Å². The van der Waals surface area contributed by atoms with E-state index in [2.05, 4.69) is 20.1 Å². The number of anilines is 4. The molecule has 0 atom stereocenters. The zero-order valence-electron chi connectivity index (χ0n) is 20.6. The molecule has 0 spiro atoms. The molecule has 35 heavy (non-hydrogen) atoms. The standard InChI is InChI=1S/C25H34N6O4/c1-16(2)23(26)22-19(30-9-7-17(34-3)8-10-30)15-18(25(32)33)27-24(22)29-20-5-4-6-21(28-20)31-11-13-35-14-12-31/h4-6,15-17,26H,7-14H2,1-3H3,(H,32,33)(H,27,28,29). The molecule has 2 fully saturated rings. The van der Waals surface area contributed by atoms with Gasteiger partial charge in [0.1, 0.15) is 17.5 Å². The molecule has 4 rings (SSSR count). The maximum Gasteiger partial charge on any atom is 0.354 e. The molecule has 2 aliphatic heterocycles. The van der Waals surface area contributed by atoms with Crippen molar-refractivity contribution >= 4 is 34.8 Å². The number of nitrogens with one attached hydrogen (secondary N) is 2. The first kappa shape index (κ1) is 24.9. The number of rotatable bonds is 8. The van der Waals surface area contributed by atoms with Crippen molar-refractivity contribution in [2.45, 2.75) is 32.8 Å². The Morgan fingerprint density at radius 2 is 1.89 bits per heavy atom. The molecular weight excluding hydrogens is 448 g/mol. The molecule has 0 saturated carbocycles.